The van der Waals surface area contributed by atoms with E-state index in [-0.39, 0.29) is 29.5 Å². The van der Waals surface area contributed by atoms with Gasteiger partial charge in [0, 0.05) is 29.5 Å². The first-order valence-corrected chi connectivity index (χ1v) is 12.8. The molecule has 1 amide bonds. The van der Waals surface area contributed by atoms with E-state index >= 15 is 0 Å². The molecule has 2 aliphatic rings. The van der Waals surface area contributed by atoms with Gasteiger partial charge < -0.3 is 14.5 Å². The number of aromatic amines is 1. The number of H-pyrrole nitrogens is 1. The summed E-state index contributed by atoms with van der Waals surface area (Å²) >= 11 is 0. The first-order chi connectivity index (χ1) is 18.9. The second kappa shape index (κ2) is 10.3. The topological polar surface area (TPSA) is 94.7 Å². The zero-order chi connectivity index (χ0) is 28.7. The summed E-state index contributed by atoms with van der Waals surface area (Å²) in [4.78, 5) is 30.0. The highest BCUT2D eigenvalue weighted by molar-refractivity contribution is 6.02. The van der Waals surface area contributed by atoms with Crippen molar-refractivity contribution in [3.63, 3.8) is 0 Å². The van der Waals surface area contributed by atoms with Gasteiger partial charge in [-0.2, -0.15) is 13.2 Å². The Morgan fingerprint density at radius 3 is 2.70 bits per heavy atom. The molecule has 0 bridgehead atoms. The molecule has 5 rings (SSSR count). The Hall–Kier alpha value is -4.34. The van der Waals surface area contributed by atoms with Crippen molar-refractivity contribution in [1.29, 1.82) is 0 Å². The Balaban J connectivity index is 1.46. The monoisotopic (exact) mass is 552 g/mol. The minimum atomic E-state index is -4.49. The molecule has 0 radical (unpaired) electrons. The number of anilines is 1. The molecule has 3 heterocycles. The number of ketones is 1. The minimum absolute atomic E-state index is 0.0362. The van der Waals surface area contributed by atoms with Crippen molar-refractivity contribution in [1.82, 2.24) is 5.32 Å². The van der Waals surface area contributed by atoms with Crippen molar-refractivity contribution in [2.24, 2.45) is 11.3 Å². The first kappa shape index (κ1) is 27.2. The van der Waals surface area contributed by atoms with Crippen molar-refractivity contribution in [3.8, 4) is 5.75 Å². The van der Waals surface area contributed by atoms with Crippen LogP contribution in [-0.4, -0.2) is 11.7 Å². The number of allylic oxidation sites excluding steroid dienone is 2. The molecule has 7 nitrogen and oxygen atoms in total. The number of ether oxygens (including phenoxy) is 1. The van der Waals surface area contributed by atoms with Crippen molar-refractivity contribution in [3.05, 3.63) is 101 Å². The van der Waals surface area contributed by atoms with Crippen LogP contribution in [0.2, 0.25) is 0 Å². The molecular weight excluding hydrogens is 523 g/mol. The van der Waals surface area contributed by atoms with Gasteiger partial charge in [0.1, 0.15) is 29.8 Å². The second-order valence-electron chi connectivity index (χ2n) is 10.8. The number of aromatic nitrogens is 1. The van der Waals surface area contributed by atoms with E-state index in [9.17, 15) is 22.8 Å². The number of rotatable bonds is 6. The molecule has 10 heteroatoms. The number of furan rings is 1. The Morgan fingerprint density at radius 1 is 1.18 bits per heavy atom. The van der Waals surface area contributed by atoms with Gasteiger partial charge in [-0.3, -0.25) is 4.79 Å². The molecule has 1 aromatic carbocycles. The average molecular weight is 553 g/mol. The van der Waals surface area contributed by atoms with Crippen LogP contribution < -0.4 is 20.4 Å². The van der Waals surface area contributed by atoms with E-state index in [1.54, 1.807) is 36.5 Å². The molecule has 2 aromatic heterocycles. The van der Waals surface area contributed by atoms with Crippen LogP contribution in [0.4, 0.5) is 19.0 Å². The molecule has 0 fully saturated rings. The van der Waals surface area contributed by atoms with Crippen molar-refractivity contribution in [2.75, 3.05) is 5.32 Å². The van der Waals surface area contributed by atoms with Crippen molar-refractivity contribution < 1.29 is 36.9 Å². The summed E-state index contributed by atoms with van der Waals surface area (Å²) < 4.78 is 50.9. The molecule has 0 saturated carbocycles. The zero-order valence-corrected chi connectivity index (χ0v) is 22.0. The van der Waals surface area contributed by atoms with E-state index in [4.69, 9.17) is 9.15 Å². The first-order valence-electron chi connectivity index (χ1n) is 12.8. The molecular formula is C30H29F3N3O4+. The van der Waals surface area contributed by atoms with Gasteiger partial charge in [-0.25, -0.2) is 15.1 Å². The lowest BCUT2D eigenvalue weighted by Crippen LogP contribution is -2.45. The SMILES string of the molecule is C=C1NC2=C(C(=O)CC(C)(C)C2)C(c2ccc(COc3cccc(C(F)(F)F)c3)o2)C1C(=O)Nc1cccc[nH+]1. The summed E-state index contributed by atoms with van der Waals surface area (Å²) in [6.45, 7) is 8.00. The highest BCUT2D eigenvalue weighted by Crippen LogP contribution is 2.48. The molecule has 208 valence electrons. The normalized spacial score (nSPS) is 20.5. The maximum atomic E-state index is 13.6. The molecule has 2 unspecified atom stereocenters. The average Bonchev–Trinajstić information content (AvgIpc) is 3.35. The lowest BCUT2D eigenvalue weighted by Gasteiger charge is -2.41. The lowest BCUT2D eigenvalue weighted by molar-refractivity contribution is -0.360. The number of halogens is 3. The summed E-state index contributed by atoms with van der Waals surface area (Å²) in [6, 6.07) is 13.1. The van der Waals surface area contributed by atoms with Gasteiger partial charge in [-0.05, 0) is 48.2 Å². The summed E-state index contributed by atoms with van der Waals surface area (Å²) in [5.74, 6) is -0.885. The molecule has 2 atom stereocenters. The van der Waals surface area contributed by atoms with Crippen LogP contribution >= 0.6 is 0 Å². The Kier molecular flexibility index (Phi) is 7.03. The number of carbonyl (C=O) groups is 2. The Bertz CT molecular complexity index is 1490. The van der Waals surface area contributed by atoms with E-state index in [1.807, 2.05) is 13.8 Å². The number of alkyl halides is 3. The Morgan fingerprint density at radius 2 is 1.98 bits per heavy atom. The third-order valence-corrected chi connectivity index (χ3v) is 7.03. The van der Waals surface area contributed by atoms with Gasteiger partial charge in [0.25, 0.3) is 5.82 Å². The minimum Gasteiger partial charge on any atom is -0.486 e. The van der Waals surface area contributed by atoms with Crippen LogP contribution in [0.1, 0.15) is 49.7 Å². The van der Waals surface area contributed by atoms with Crippen molar-refractivity contribution >= 4 is 17.5 Å². The molecule has 1 aliphatic heterocycles. The van der Waals surface area contributed by atoms with Gasteiger partial charge in [-0.15, -0.1) is 0 Å². The molecule has 1 aliphatic carbocycles. The predicted molar refractivity (Wildman–Crippen MR) is 140 cm³/mol. The van der Waals surface area contributed by atoms with Gasteiger partial charge in [0.05, 0.1) is 17.7 Å². The zero-order valence-electron chi connectivity index (χ0n) is 22.0. The van der Waals surface area contributed by atoms with E-state index in [1.165, 1.54) is 12.1 Å². The van der Waals surface area contributed by atoms with Crippen LogP contribution in [0.3, 0.4) is 0 Å². The predicted octanol–water partition coefficient (Wildman–Crippen LogP) is 5.79. The quantitative estimate of drug-likeness (QED) is 0.404. The third kappa shape index (κ3) is 5.66. The highest BCUT2D eigenvalue weighted by Gasteiger charge is 2.48. The van der Waals surface area contributed by atoms with Gasteiger partial charge in [0.2, 0.25) is 0 Å². The van der Waals surface area contributed by atoms with Crippen LogP contribution in [0.5, 0.6) is 5.75 Å². The number of hydrogen-bond donors (Lipinski definition) is 2. The Labute approximate surface area is 229 Å². The largest absolute Gasteiger partial charge is 0.486 e. The maximum Gasteiger partial charge on any atom is 0.416 e. The fourth-order valence-corrected chi connectivity index (χ4v) is 5.30. The van der Waals surface area contributed by atoms with E-state index in [2.05, 4.69) is 22.2 Å². The maximum absolute atomic E-state index is 13.6. The number of nitrogens with one attached hydrogen (secondary N) is 3. The molecule has 3 N–H and O–H groups in total. The van der Waals surface area contributed by atoms with E-state index in [0.29, 0.717) is 47.1 Å². The fraction of sp³-hybridized carbons (Fsp3) is 0.300. The van der Waals surface area contributed by atoms with Crippen LogP contribution in [0.15, 0.2) is 88.8 Å². The smallest absolute Gasteiger partial charge is 0.416 e. The fourth-order valence-electron chi connectivity index (χ4n) is 5.30. The summed E-state index contributed by atoms with van der Waals surface area (Å²) in [7, 11) is 0. The van der Waals surface area contributed by atoms with Crippen LogP contribution in [-0.2, 0) is 22.4 Å². The standard InChI is InChI=1S/C30H28F3N3O4/c1-17-25(28(38)36-24-9-4-5-12-34-24)27(26-21(35-17)14-29(2,3)15-22(26)37)23-11-10-20(40-23)16-39-19-8-6-7-18(13-19)30(31,32)33/h4-13,25,27,35H,1,14-16H2,2-3H3,(H,34,36,38)/p+1. The van der Waals surface area contributed by atoms with Gasteiger partial charge in [0.15, 0.2) is 5.78 Å². The van der Waals surface area contributed by atoms with Crippen LogP contribution in [0, 0.1) is 11.3 Å². The van der Waals surface area contributed by atoms with Gasteiger partial charge >= 0.3 is 12.1 Å². The van der Waals surface area contributed by atoms with Crippen molar-refractivity contribution in [2.45, 2.75) is 45.4 Å². The number of benzene rings is 1. The number of hydrogen-bond acceptors (Lipinski definition) is 5. The highest BCUT2D eigenvalue weighted by atomic mass is 19.4. The second-order valence-corrected chi connectivity index (χ2v) is 10.8. The van der Waals surface area contributed by atoms with Gasteiger partial charge in [-0.1, -0.05) is 32.6 Å². The number of Topliss-reactive ketones (excluding diaryl/α,β-unsaturated/α-hetero) is 1. The molecule has 40 heavy (non-hydrogen) atoms. The number of carbonyl (C=O) groups excluding carboxylic acids is 2. The molecule has 0 spiro atoms. The summed E-state index contributed by atoms with van der Waals surface area (Å²) in [5.41, 5.74) is 0.532. The van der Waals surface area contributed by atoms with E-state index in [0.717, 1.165) is 12.1 Å². The summed E-state index contributed by atoms with van der Waals surface area (Å²) in [6.07, 6.45) is -1.91. The summed E-state index contributed by atoms with van der Waals surface area (Å²) in [5, 5.41) is 6.08. The van der Waals surface area contributed by atoms with Crippen LogP contribution in [0.25, 0.3) is 0 Å². The third-order valence-electron chi connectivity index (χ3n) is 7.03. The molecule has 3 aromatic rings. The lowest BCUT2D eigenvalue weighted by atomic mass is 9.67. The van der Waals surface area contributed by atoms with E-state index < -0.39 is 23.6 Å². The number of pyridine rings is 1. The molecule has 0 saturated heterocycles. The number of amides is 1.